The van der Waals surface area contributed by atoms with Crippen LogP contribution >= 0.6 is 46.4 Å². The summed E-state index contributed by atoms with van der Waals surface area (Å²) in [5, 5.41) is 16.1. The zero-order valence-electron chi connectivity index (χ0n) is 8.18. The summed E-state index contributed by atoms with van der Waals surface area (Å²) in [6.45, 7) is 3.39. The third kappa shape index (κ3) is 15.5. The third-order valence-corrected chi connectivity index (χ3v) is 2.55. The summed E-state index contributed by atoms with van der Waals surface area (Å²) in [5.74, 6) is 0. The molecule has 0 aliphatic heterocycles. The Morgan fingerprint density at radius 2 is 1.64 bits per heavy atom. The number of aliphatic hydroxyl groups excluding tert-OH is 2. The molecule has 2 nitrogen and oxygen atoms in total. The minimum atomic E-state index is -0.755. The van der Waals surface area contributed by atoms with Gasteiger partial charge in [0, 0.05) is 18.4 Å². The van der Waals surface area contributed by atoms with E-state index in [1.165, 1.54) is 0 Å². The standard InChI is InChI=1S/2C4H8Cl2O/c1-4(5,6)2-3-7;1-3(5)4(6)2-7/h7H,2-3H2,1H3;3-4,7H,2H2,1H3. The molecule has 2 unspecified atom stereocenters. The molecule has 0 spiro atoms. The van der Waals surface area contributed by atoms with Crippen molar-refractivity contribution in [2.75, 3.05) is 13.2 Å². The van der Waals surface area contributed by atoms with Crippen molar-refractivity contribution in [3.8, 4) is 0 Å². The molecule has 0 fully saturated rings. The summed E-state index contributed by atoms with van der Waals surface area (Å²) in [6.07, 6.45) is 0.427. The van der Waals surface area contributed by atoms with E-state index >= 15 is 0 Å². The fourth-order valence-electron chi connectivity index (χ4n) is 0.342. The monoisotopic (exact) mass is 284 g/mol. The highest BCUT2D eigenvalue weighted by Gasteiger charge is 2.13. The number of rotatable bonds is 4. The van der Waals surface area contributed by atoms with E-state index in [0.717, 1.165) is 0 Å². The van der Waals surface area contributed by atoms with Gasteiger partial charge >= 0.3 is 0 Å². The molecule has 0 aromatic heterocycles. The first kappa shape index (κ1) is 17.5. The Balaban J connectivity index is 0. The molecular formula is C8H16Cl4O2. The molecule has 0 aromatic rings. The predicted octanol–water partition coefficient (Wildman–Crippen LogP) is 2.78. The lowest BCUT2D eigenvalue weighted by Crippen LogP contribution is -2.14. The minimum Gasteiger partial charge on any atom is -0.396 e. The van der Waals surface area contributed by atoms with Gasteiger partial charge in [0.15, 0.2) is 0 Å². The Hall–Kier alpha value is 1.08. The van der Waals surface area contributed by atoms with Gasteiger partial charge in [-0.15, -0.1) is 46.4 Å². The molecular weight excluding hydrogens is 270 g/mol. The third-order valence-electron chi connectivity index (χ3n) is 1.22. The molecule has 0 heterocycles. The van der Waals surface area contributed by atoms with Crippen LogP contribution in [-0.2, 0) is 0 Å². The molecule has 0 saturated carbocycles. The lowest BCUT2D eigenvalue weighted by Gasteiger charge is -2.08. The zero-order valence-corrected chi connectivity index (χ0v) is 11.2. The van der Waals surface area contributed by atoms with E-state index in [2.05, 4.69) is 0 Å². The number of halogens is 4. The van der Waals surface area contributed by atoms with Crippen LogP contribution in [0.1, 0.15) is 20.3 Å². The molecule has 0 radical (unpaired) electrons. The summed E-state index contributed by atoms with van der Waals surface area (Å²) in [6, 6.07) is 0. The van der Waals surface area contributed by atoms with E-state index in [9.17, 15) is 0 Å². The molecule has 14 heavy (non-hydrogen) atoms. The van der Waals surface area contributed by atoms with Gasteiger partial charge in [-0.05, 0) is 13.8 Å². The van der Waals surface area contributed by atoms with Crippen LogP contribution in [0.5, 0.6) is 0 Å². The molecule has 0 rings (SSSR count). The second-order valence-electron chi connectivity index (χ2n) is 2.92. The molecule has 88 valence electrons. The Morgan fingerprint density at radius 1 is 1.21 bits per heavy atom. The van der Waals surface area contributed by atoms with Crippen LogP contribution in [0.4, 0.5) is 0 Å². The average Bonchev–Trinajstić information content (AvgIpc) is 2.01. The number of alkyl halides is 4. The first-order valence-electron chi connectivity index (χ1n) is 4.12. The molecule has 2 N–H and O–H groups in total. The summed E-state index contributed by atoms with van der Waals surface area (Å²) in [7, 11) is 0. The van der Waals surface area contributed by atoms with Gasteiger partial charge in [-0.3, -0.25) is 0 Å². The number of hydrogen-bond donors (Lipinski definition) is 2. The van der Waals surface area contributed by atoms with E-state index in [4.69, 9.17) is 56.6 Å². The van der Waals surface area contributed by atoms with Gasteiger partial charge in [0.1, 0.15) is 4.33 Å². The van der Waals surface area contributed by atoms with Crippen molar-refractivity contribution in [2.24, 2.45) is 0 Å². The molecule has 0 amide bonds. The first-order valence-corrected chi connectivity index (χ1v) is 5.75. The molecule has 2 atom stereocenters. The summed E-state index contributed by atoms with van der Waals surface area (Å²) < 4.78 is -0.755. The highest BCUT2D eigenvalue weighted by Crippen LogP contribution is 2.22. The van der Waals surface area contributed by atoms with Crippen LogP contribution in [0.2, 0.25) is 0 Å². The van der Waals surface area contributed by atoms with E-state index in [1.807, 2.05) is 0 Å². The van der Waals surface area contributed by atoms with Crippen LogP contribution in [0.15, 0.2) is 0 Å². The van der Waals surface area contributed by atoms with Crippen molar-refractivity contribution >= 4 is 46.4 Å². The maximum atomic E-state index is 8.29. The molecule has 0 aliphatic rings. The summed E-state index contributed by atoms with van der Waals surface area (Å²) >= 11 is 21.7. The number of hydrogen-bond acceptors (Lipinski definition) is 2. The second kappa shape index (κ2) is 9.32. The topological polar surface area (TPSA) is 40.5 Å². The quantitative estimate of drug-likeness (QED) is 0.780. The van der Waals surface area contributed by atoms with Gasteiger partial charge < -0.3 is 10.2 Å². The van der Waals surface area contributed by atoms with Crippen LogP contribution in [0.25, 0.3) is 0 Å². The van der Waals surface area contributed by atoms with Crippen molar-refractivity contribution in [3.05, 3.63) is 0 Å². The molecule has 0 bridgehead atoms. The van der Waals surface area contributed by atoms with Crippen LogP contribution in [-0.4, -0.2) is 38.5 Å². The molecule has 0 aliphatic carbocycles. The van der Waals surface area contributed by atoms with Crippen LogP contribution in [0.3, 0.4) is 0 Å². The molecule has 0 aromatic carbocycles. The zero-order chi connectivity index (χ0) is 11.8. The SMILES string of the molecule is CC(Cl)(Cl)CCO.CC(Cl)C(Cl)CO. The maximum absolute atomic E-state index is 8.29. The Bertz CT molecular complexity index is 125. The van der Waals surface area contributed by atoms with E-state index in [-0.39, 0.29) is 24.0 Å². The summed E-state index contributed by atoms with van der Waals surface area (Å²) in [5.41, 5.74) is 0. The van der Waals surface area contributed by atoms with Crippen LogP contribution < -0.4 is 0 Å². The van der Waals surface area contributed by atoms with Gasteiger partial charge in [-0.2, -0.15) is 0 Å². The fourth-order valence-corrected chi connectivity index (χ4v) is 0.590. The normalized spacial score (nSPS) is 15.4. The van der Waals surface area contributed by atoms with Gasteiger partial charge in [0.05, 0.1) is 12.0 Å². The van der Waals surface area contributed by atoms with E-state index < -0.39 is 4.33 Å². The van der Waals surface area contributed by atoms with Crippen LogP contribution in [0, 0.1) is 0 Å². The predicted molar refractivity (Wildman–Crippen MR) is 63.9 cm³/mol. The van der Waals surface area contributed by atoms with Crippen molar-refractivity contribution in [1.29, 1.82) is 0 Å². The average molecular weight is 286 g/mol. The van der Waals surface area contributed by atoms with Crippen molar-refractivity contribution in [2.45, 2.75) is 35.4 Å². The van der Waals surface area contributed by atoms with Crippen molar-refractivity contribution in [1.82, 2.24) is 0 Å². The Morgan fingerprint density at radius 3 is 1.64 bits per heavy atom. The fraction of sp³-hybridized carbons (Fsp3) is 1.00. The lowest BCUT2D eigenvalue weighted by molar-refractivity contribution is 0.283. The highest BCUT2D eigenvalue weighted by molar-refractivity contribution is 6.48. The van der Waals surface area contributed by atoms with E-state index in [0.29, 0.717) is 6.42 Å². The Kier molecular flexibility index (Phi) is 11.6. The van der Waals surface area contributed by atoms with Gasteiger partial charge in [-0.1, -0.05) is 0 Å². The second-order valence-corrected chi connectivity index (χ2v) is 6.03. The first-order chi connectivity index (χ1) is 6.24. The van der Waals surface area contributed by atoms with Gasteiger partial charge in [0.2, 0.25) is 0 Å². The smallest absolute Gasteiger partial charge is 0.117 e. The number of aliphatic hydroxyl groups is 2. The van der Waals surface area contributed by atoms with Crippen molar-refractivity contribution in [3.63, 3.8) is 0 Å². The minimum absolute atomic E-state index is 0.0451. The molecule has 6 heteroatoms. The van der Waals surface area contributed by atoms with E-state index in [1.54, 1.807) is 13.8 Å². The van der Waals surface area contributed by atoms with Gasteiger partial charge in [-0.25, -0.2) is 0 Å². The maximum Gasteiger partial charge on any atom is 0.117 e. The van der Waals surface area contributed by atoms with Gasteiger partial charge in [0.25, 0.3) is 0 Å². The molecule has 0 saturated heterocycles. The lowest BCUT2D eigenvalue weighted by atomic mass is 10.3. The summed E-state index contributed by atoms with van der Waals surface area (Å²) in [4.78, 5) is 0. The Labute approximate surface area is 105 Å². The largest absolute Gasteiger partial charge is 0.396 e. The van der Waals surface area contributed by atoms with Crippen molar-refractivity contribution < 1.29 is 10.2 Å². The highest BCUT2D eigenvalue weighted by atomic mass is 35.5.